The highest BCUT2D eigenvalue weighted by atomic mass is 35.5. The van der Waals surface area contributed by atoms with Crippen LogP contribution in [0.5, 0.6) is 0 Å². The summed E-state index contributed by atoms with van der Waals surface area (Å²) in [5, 5.41) is 7.20. The van der Waals surface area contributed by atoms with E-state index in [2.05, 4.69) is 51.8 Å². The average molecular weight is 584 g/mol. The predicted molar refractivity (Wildman–Crippen MR) is 163 cm³/mol. The van der Waals surface area contributed by atoms with E-state index in [9.17, 15) is 13.2 Å². The maximum absolute atomic E-state index is 13.3. The first-order valence-electron chi connectivity index (χ1n) is 14.0. The number of fused-ring (bicyclic) bond motifs is 7. The van der Waals surface area contributed by atoms with Gasteiger partial charge in [0.05, 0.1) is 16.6 Å². The SMILES string of the molecule is O=C(Nc1ccc(S(=O)(=O)Nc2cccc(Cl)c2)cc1)c1ccc2c(c1)[C@@H]1[C@H]3CC[C@@H](C3)[C@H]1[C@H](c1ccccc1)N2. The minimum Gasteiger partial charge on any atom is -0.378 e. The molecule has 0 spiro atoms. The number of amides is 1. The zero-order chi connectivity index (χ0) is 28.1. The Kier molecular flexibility index (Phi) is 6.51. The summed E-state index contributed by atoms with van der Waals surface area (Å²) in [5.41, 5.74) is 5.20. The van der Waals surface area contributed by atoms with Crippen molar-refractivity contribution in [3.8, 4) is 0 Å². The minimum absolute atomic E-state index is 0.0885. The molecule has 5 atom stereocenters. The van der Waals surface area contributed by atoms with Crippen LogP contribution in [-0.4, -0.2) is 14.3 Å². The number of benzene rings is 4. The summed E-state index contributed by atoms with van der Waals surface area (Å²) >= 11 is 5.97. The van der Waals surface area contributed by atoms with Crippen LogP contribution in [0.3, 0.4) is 0 Å². The van der Waals surface area contributed by atoms with Crippen LogP contribution in [0.25, 0.3) is 0 Å². The van der Waals surface area contributed by atoms with Crippen molar-refractivity contribution in [1.82, 2.24) is 0 Å². The molecule has 4 aromatic carbocycles. The maximum atomic E-state index is 13.3. The summed E-state index contributed by atoms with van der Waals surface area (Å²) in [4.78, 5) is 13.4. The molecule has 208 valence electrons. The third kappa shape index (κ3) is 4.87. The Morgan fingerprint density at radius 3 is 2.39 bits per heavy atom. The Bertz CT molecular complexity index is 1730. The topological polar surface area (TPSA) is 87.3 Å². The summed E-state index contributed by atoms with van der Waals surface area (Å²) in [5.74, 6) is 2.11. The lowest BCUT2D eigenvalue weighted by Gasteiger charge is -2.43. The van der Waals surface area contributed by atoms with Gasteiger partial charge in [0.1, 0.15) is 0 Å². The van der Waals surface area contributed by atoms with E-state index in [-0.39, 0.29) is 16.8 Å². The van der Waals surface area contributed by atoms with Crippen LogP contribution < -0.4 is 15.4 Å². The molecule has 3 N–H and O–H groups in total. The van der Waals surface area contributed by atoms with Gasteiger partial charge in [-0.15, -0.1) is 0 Å². The van der Waals surface area contributed by atoms with Gasteiger partial charge in [-0.25, -0.2) is 8.42 Å². The van der Waals surface area contributed by atoms with Crippen LogP contribution in [0.1, 0.15) is 52.7 Å². The molecule has 0 aromatic heterocycles. The first-order chi connectivity index (χ1) is 19.9. The second kappa shape index (κ2) is 10.2. The fourth-order valence-electron chi connectivity index (χ4n) is 7.30. The van der Waals surface area contributed by atoms with Crippen molar-refractivity contribution in [2.45, 2.75) is 36.1 Å². The van der Waals surface area contributed by atoms with Gasteiger partial charge in [-0.1, -0.05) is 48.0 Å². The van der Waals surface area contributed by atoms with Crippen molar-refractivity contribution in [3.63, 3.8) is 0 Å². The number of rotatable bonds is 6. The first-order valence-corrected chi connectivity index (χ1v) is 15.9. The van der Waals surface area contributed by atoms with Crippen molar-refractivity contribution in [2.75, 3.05) is 15.4 Å². The highest BCUT2D eigenvalue weighted by molar-refractivity contribution is 7.92. The number of hydrogen-bond acceptors (Lipinski definition) is 4. The molecule has 2 aliphatic carbocycles. The van der Waals surface area contributed by atoms with Crippen molar-refractivity contribution in [1.29, 1.82) is 0 Å². The van der Waals surface area contributed by atoms with E-state index in [1.807, 2.05) is 12.1 Å². The zero-order valence-corrected chi connectivity index (χ0v) is 23.8. The maximum Gasteiger partial charge on any atom is 0.261 e. The molecular weight excluding hydrogens is 554 g/mol. The summed E-state index contributed by atoms with van der Waals surface area (Å²) in [7, 11) is -3.80. The second-order valence-corrected chi connectivity index (χ2v) is 13.5. The number of sulfonamides is 1. The molecule has 0 radical (unpaired) electrons. The van der Waals surface area contributed by atoms with E-state index < -0.39 is 10.0 Å². The van der Waals surface area contributed by atoms with Crippen molar-refractivity contribution < 1.29 is 13.2 Å². The van der Waals surface area contributed by atoms with Gasteiger partial charge in [-0.3, -0.25) is 9.52 Å². The molecule has 0 saturated heterocycles. The van der Waals surface area contributed by atoms with E-state index in [0.29, 0.717) is 45.6 Å². The van der Waals surface area contributed by atoms with Gasteiger partial charge >= 0.3 is 0 Å². The fraction of sp³-hybridized carbons (Fsp3) is 0.242. The first kappa shape index (κ1) is 26.1. The van der Waals surface area contributed by atoms with E-state index >= 15 is 0 Å². The number of hydrogen-bond donors (Lipinski definition) is 3. The Morgan fingerprint density at radius 2 is 1.61 bits per heavy atom. The van der Waals surface area contributed by atoms with Gasteiger partial charge in [0, 0.05) is 22.0 Å². The second-order valence-electron chi connectivity index (χ2n) is 11.4. The summed E-state index contributed by atoms with van der Waals surface area (Å²) < 4.78 is 28.2. The predicted octanol–water partition coefficient (Wildman–Crippen LogP) is 7.69. The van der Waals surface area contributed by atoms with Crippen LogP contribution in [0.4, 0.5) is 17.1 Å². The molecule has 1 heterocycles. The monoisotopic (exact) mass is 583 g/mol. The molecule has 8 heteroatoms. The largest absolute Gasteiger partial charge is 0.378 e. The average Bonchev–Trinajstić information content (AvgIpc) is 3.60. The number of nitrogens with one attached hydrogen (secondary N) is 3. The van der Waals surface area contributed by atoms with Crippen LogP contribution in [0, 0.1) is 17.8 Å². The minimum atomic E-state index is -3.80. The van der Waals surface area contributed by atoms with E-state index in [1.54, 1.807) is 36.4 Å². The molecule has 2 bridgehead atoms. The van der Waals surface area contributed by atoms with Gasteiger partial charge in [-0.2, -0.15) is 0 Å². The zero-order valence-electron chi connectivity index (χ0n) is 22.3. The molecule has 1 aliphatic heterocycles. The Hall–Kier alpha value is -3.81. The van der Waals surface area contributed by atoms with Crippen molar-refractivity contribution in [2.24, 2.45) is 17.8 Å². The molecular formula is C33H30ClN3O3S. The summed E-state index contributed by atoms with van der Waals surface area (Å²) in [6.07, 6.45) is 3.80. The van der Waals surface area contributed by atoms with E-state index in [0.717, 1.165) is 5.69 Å². The number of halogens is 1. The lowest BCUT2D eigenvalue weighted by Crippen LogP contribution is -2.35. The molecule has 1 amide bonds. The fourth-order valence-corrected chi connectivity index (χ4v) is 8.54. The highest BCUT2D eigenvalue weighted by Crippen LogP contribution is 2.63. The van der Waals surface area contributed by atoms with Gasteiger partial charge in [0.2, 0.25) is 0 Å². The Morgan fingerprint density at radius 1 is 0.829 bits per heavy atom. The quantitative estimate of drug-likeness (QED) is 0.217. The molecule has 4 aromatic rings. The smallest absolute Gasteiger partial charge is 0.261 e. The molecule has 2 fully saturated rings. The molecule has 7 rings (SSSR count). The normalized spacial score (nSPS) is 24.2. The van der Waals surface area contributed by atoms with Crippen LogP contribution in [-0.2, 0) is 10.0 Å². The number of anilines is 3. The van der Waals surface area contributed by atoms with E-state index in [4.69, 9.17) is 11.6 Å². The van der Waals surface area contributed by atoms with Gasteiger partial charge in [0.15, 0.2) is 0 Å². The van der Waals surface area contributed by atoms with Gasteiger partial charge in [0.25, 0.3) is 15.9 Å². The highest BCUT2D eigenvalue weighted by Gasteiger charge is 2.53. The van der Waals surface area contributed by atoms with E-state index in [1.165, 1.54) is 42.5 Å². The lowest BCUT2D eigenvalue weighted by atomic mass is 9.68. The lowest BCUT2D eigenvalue weighted by molar-refractivity contribution is 0.102. The molecule has 41 heavy (non-hydrogen) atoms. The van der Waals surface area contributed by atoms with Gasteiger partial charge in [-0.05, 0) is 115 Å². The number of carbonyl (C=O) groups is 1. The molecule has 2 saturated carbocycles. The molecule has 0 unspecified atom stereocenters. The summed E-state index contributed by atoms with van der Waals surface area (Å²) in [6.45, 7) is 0. The molecule has 6 nitrogen and oxygen atoms in total. The Labute approximate surface area is 245 Å². The third-order valence-corrected chi connectivity index (χ3v) is 10.6. The Balaban J connectivity index is 1.10. The van der Waals surface area contributed by atoms with Crippen molar-refractivity contribution in [3.05, 3.63) is 119 Å². The number of carbonyl (C=O) groups excluding carboxylic acids is 1. The third-order valence-electron chi connectivity index (χ3n) is 9.01. The van der Waals surface area contributed by atoms with Crippen LogP contribution >= 0.6 is 11.6 Å². The van der Waals surface area contributed by atoms with Gasteiger partial charge < -0.3 is 10.6 Å². The van der Waals surface area contributed by atoms with Crippen molar-refractivity contribution >= 4 is 44.6 Å². The van der Waals surface area contributed by atoms with Crippen LogP contribution in [0.2, 0.25) is 5.02 Å². The molecule has 3 aliphatic rings. The summed E-state index contributed by atoms with van der Waals surface area (Å²) in [6, 6.07) is 29.6. The van der Waals surface area contributed by atoms with Crippen LogP contribution in [0.15, 0.2) is 102 Å². The standard InChI is InChI=1S/C33H30ClN3O3S/c34-24-7-4-8-26(19-24)37-41(39,40)27-14-12-25(13-15-27)35-33(38)23-11-16-29-28(18-23)30-21-9-10-22(17-21)31(30)32(36-29)20-5-2-1-3-6-20/h1-8,11-16,18-19,21-22,30-32,36-37H,9-10,17H2,(H,35,38)/t21-,22-,30-,31+,32-/m0/s1.